The lowest BCUT2D eigenvalue weighted by atomic mass is 10.0. The lowest BCUT2D eigenvalue weighted by Gasteiger charge is -2.19. The summed E-state index contributed by atoms with van der Waals surface area (Å²) in [6, 6.07) is 8.19. The maximum Gasteiger partial charge on any atom is 0.224 e. The fourth-order valence-electron chi connectivity index (χ4n) is 2.32. The van der Waals surface area contributed by atoms with Gasteiger partial charge in [0, 0.05) is 31.9 Å². The van der Waals surface area contributed by atoms with Gasteiger partial charge in [0.1, 0.15) is 0 Å². The number of para-hydroxylation sites is 1. The third-order valence-electron chi connectivity index (χ3n) is 3.39. The van der Waals surface area contributed by atoms with Gasteiger partial charge < -0.3 is 15.4 Å². The lowest BCUT2D eigenvalue weighted by molar-refractivity contribution is -0.117. The predicted octanol–water partition coefficient (Wildman–Crippen LogP) is 3.36. The van der Waals surface area contributed by atoms with E-state index in [-0.39, 0.29) is 17.9 Å². The summed E-state index contributed by atoms with van der Waals surface area (Å²) < 4.78 is 5.07. The van der Waals surface area contributed by atoms with Crippen LogP contribution in [0.5, 0.6) is 0 Å². The zero-order valence-corrected chi connectivity index (χ0v) is 13.6. The molecule has 0 fully saturated rings. The second-order valence-electron chi connectivity index (χ2n) is 5.58. The minimum absolute atomic E-state index is 0.0368. The van der Waals surface area contributed by atoms with Crippen molar-refractivity contribution in [3.63, 3.8) is 0 Å². The number of carbonyl (C=O) groups is 1. The van der Waals surface area contributed by atoms with Crippen molar-refractivity contribution in [1.82, 2.24) is 5.32 Å². The molecule has 0 saturated heterocycles. The Hall–Kier alpha value is -1.39. The molecule has 2 atom stereocenters. The normalized spacial score (nSPS) is 13.7. The van der Waals surface area contributed by atoms with E-state index in [1.807, 2.05) is 25.1 Å². The summed E-state index contributed by atoms with van der Waals surface area (Å²) in [5, 5.41) is 6.47. The van der Waals surface area contributed by atoms with Crippen molar-refractivity contribution in [1.29, 1.82) is 0 Å². The van der Waals surface area contributed by atoms with Gasteiger partial charge in [0.05, 0.1) is 0 Å². The summed E-state index contributed by atoms with van der Waals surface area (Å²) in [6.07, 6.45) is 1.56. The van der Waals surface area contributed by atoms with E-state index in [1.165, 1.54) is 0 Å². The largest absolute Gasteiger partial charge is 0.384 e. The van der Waals surface area contributed by atoms with Crippen LogP contribution in [0.4, 0.5) is 5.69 Å². The molecule has 0 aromatic heterocycles. The Balaban J connectivity index is 2.68. The summed E-state index contributed by atoms with van der Waals surface area (Å²) >= 11 is 0. The molecule has 1 aromatic carbocycles. The molecule has 21 heavy (non-hydrogen) atoms. The highest BCUT2D eigenvalue weighted by Crippen LogP contribution is 2.23. The third-order valence-corrected chi connectivity index (χ3v) is 3.39. The number of hydrogen-bond acceptors (Lipinski definition) is 3. The first-order chi connectivity index (χ1) is 10.1. The van der Waals surface area contributed by atoms with Gasteiger partial charge in [-0.2, -0.15) is 0 Å². The molecule has 0 aliphatic rings. The van der Waals surface area contributed by atoms with Crippen molar-refractivity contribution in [2.45, 2.75) is 39.7 Å². The van der Waals surface area contributed by atoms with Gasteiger partial charge in [-0.15, -0.1) is 0 Å². The van der Waals surface area contributed by atoms with E-state index >= 15 is 0 Å². The first-order valence-corrected chi connectivity index (χ1v) is 7.69. The zero-order valence-electron chi connectivity index (χ0n) is 13.6. The summed E-state index contributed by atoms with van der Waals surface area (Å²) in [4.78, 5) is 12.1. The van der Waals surface area contributed by atoms with Crippen LogP contribution >= 0.6 is 0 Å². The van der Waals surface area contributed by atoms with Crippen LogP contribution < -0.4 is 10.6 Å². The average molecular weight is 292 g/mol. The Labute approximate surface area is 128 Å². The zero-order chi connectivity index (χ0) is 15.7. The van der Waals surface area contributed by atoms with Gasteiger partial charge in [-0.1, -0.05) is 32.0 Å². The Morgan fingerprint density at radius 3 is 2.67 bits per heavy atom. The highest BCUT2D eigenvalue weighted by Gasteiger charge is 2.13. The van der Waals surface area contributed by atoms with Crippen molar-refractivity contribution >= 4 is 11.6 Å². The van der Waals surface area contributed by atoms with Crippen molar-refractivity contribution < 1.29 is 9.53 Å². The smallest absolute Gasteiger partial charge is 0.224 e. The van der Waals surface area contributed by atoms with Crippen LogP contribution in [0.2, 0.25) is 0 Å². The van der Waals surface area contributed by atoms with Crippen LogP contribution in [0.3, 0.4) is 0 Å². The first kappa shape index (κ1) is 17.7. The van der Waals surface area contributed by atoms with E-state index in [9.17, 15) is 4.79 Å². The molecule has 0 saturated carbocycles. The number of carbonyl (C=O) groups excluding carboxylic acids is 1. The van der Waals surface area contributed by atoms with Crippen LogP contribution in [-0.2, 0) is 9.53 Å². The molecule has 0 aliphatic heterocycles. The van der Waals surface area contributed by atoms with Crippen LogP contribution in [0, 0.1) is 5.92 Å². The minimum Gasteiger partial charge on any atom is -0.384 e. The average Bonchev–Trinajstić information content (AvgIpc) is 2.45. The molecule has 1 rings (SSSR count). The van der Waals surface area contributed by atoms with Crippen LogP contribution in [0.25, 0.3) is 0 Å². The van der Waals surface area contributed by atoms with Gasteiger partial charge in [0.15, 0.2) is 0 Å². The molecule has 4 nitrogen and oxygen atoms in total. The molecular weight excluding hydrogens is 264 g/mol. The van der Waals surface area contributed by atoms with Crippen LogP contribution in [0.15, 0.2) is 24.3 Å². The molecule has 0 spiro atoms. The number of amides is 1. The number of rotatable bonds is 9. The molecule has 0 radical (unpaired) electrons. The second kappa shape index (κ2) is 9.53. The number of methoxy groups -OCH3 is 1. The highest BCUT2D eigenvalue weighted by atomic mass is 16.5. The van der Waals surface area contributed by atoms with E-state index in [1.54, 1.807) is 7.11 Å². The lowest BCUT2D eigenvalue weighted by Crippen LogP contribution is -2.22. The molecule has 1 aromatic rings. The number of nitrogens with one attached hydrogen (secondary N) is 2. The van der Waals surface area contributed by atoms with Crippen molar-refractivity contribution in [2.24, 2.45) is 5.92 Å². The molecule has 0 aliphatic carbocycles. The molecule has 2 N–H and O–H groups in total. The second-order valence-corrected chi connectivity index (χ2v) is 5.58. The van der Waals surface area contributed by atoms with Gasteiger partial charge in [-0.25, -0.2) is 0 Å². The Kier molecular flexibility index (Phi) is 8.01. The maximum atomic E-state index is 12.1. The quantitative estimate of drug-likeness (QED) is 0.734. The van der Waals surface area contributed by atoms with E-state index in [0.29, 0.717) is 13.0 Å². The van der Waals surface area contributed by atoms with E-state index in [0.717, 1.165) is 24.2 Å². The molecule has 1 amide bonds. The summed E-state index contributed by atoms with van der Waals surface area (Å²) in [5.41, 5.74) is 2.02. The summed E-state index contributed by atoms with van der Waals surface area (Å²) in [5.74, 6) is 0.257. The van der Waals surface area contributed by atoms with Gasteiger partial charge in [0.2, 0.25) is 5.91 Å². The molecule has 4 heteroatoms. The van der Waals surface area contributed by atoms with Crippen molar-refractivity contribution in [3.05, 3.63) is 29.8 Å². The monoisotopic (exact) mass is 292 g/mol. The van der Waals surface area contributed by atoms with Crippen LogP contribution in [0.1, 0.15) is 45.2 Å². The van der Waals surface area contributed by atoms with Gasteiger partial charge >= 0.3 is 0 Å². The topological polar surface area (TPSA) is 50.4 Å². The molecule has 0 heterocycles. The van der Waals surface area contributed by atoms with E-state index in [4.69, 9.17) is 4.74 Å². The maximum absolute atomic E-state index is 12.1. The predicted molar refractivity (Wildman–Crippen MR) is 87.4 cm³/mol. The Morgan fingerprint density at radius 1 is 1.29 bits per heavy atom. The number of hydrogen-bond donors (Lipinski definition) is 2. The Bertz CT molecular complexity index is 435. The minimum atomic E-state index is 0.0368. The van der Waals surface area contributed by atoms with Gasteiger partial charge in [-0.05, 0) is 37.4 Å². The summed E-state index contributed by atoms with van der Waals surface area (Å²) in [6.45, 7) is 7.84. The molecular formula is C17H28N2O2. The third kappa shape index (κ3) is 6.27. The Morgan fingerprint density at radius 2 is 2.00 bits per heavy atom. The van der Waals surface area contributed by atoms with Gasteiger partial charge in [-0.3, -0.25) is 4.79 Å². The number of anilines is 1. The number of benzene rings is 1. The van der Waals surface area contributed by atoms with Gasteiger partial charge in [0.25, 0.3) is 0 Å². The fourth-order valence-corrected chi connectivity index (χ4v) is 2.32. The van der Waals surface area contributed by atoms with E-state index in [2.05, 4.69) is 30.5 Å². The highest BCUT2D eigenvalue weighted by molar-refractivity contribution is 5.91. The first-order valence-electron chi connectivity index (χ1n) is 7.69. The van der Waals surface area contributed by atoms with Crippen LogP contribution in [-0.4, -0.2) is 26.2 Å². The van der Waals surface area contributed by atoms with Crippen molar-refractivity contribution in [2.75, 3.05) is 25.6 Å². The van der Waals surface area contributed by atoms with E-state index < -0.39 is 0 Å². The molecule has 2 unspecified atom stereocenters. The number of ether oxygens (including phenoxy) is 1. The molecule has 0 bridgehead atoms. The summed E-state index contributed by atoms with van der Waals surface area (Å²) in [7, 11) is 1.66. The standard InChI is InChI=1S/C17H28N2O2/c1-5-10-18-14(3)15-8-6-7-9-16(15)19-17(20)11-13(2)12-21-4/h6-9,13-14,18H,5,10-12H2,1-4H3,(H,19,20). The fraction of sp³-hybridized carbons (Fsp3) is 0.588. The SMILES string of the molecule is CCCNC(C)c1ccccc1NC(=O)CC(C)COC. The molecule has 118 valence electrons. The van der Waals surface area contributed by atoms with Crippen molar-refractivity contribution in [3.8, 4) is 0 Å².